The summed E-state index contributed by atoms with van der Waals surface area (Å²) < 4.78 is 0. The molecule has 3 N–H and O–H groups in total. The van der Waals surface area contributed by atoms with Gasteiger partial charge in [0.1, 0.15) is 6.04 Å². The Hall–Kier alpha value is -2.04. The number of aryl methyl sites for hydroxylation is 2. The lowest BCUT2D eigenvalue weighted by atomic mass is 10.0. The molecular formula is C18H18Cl2N2O2. The molecule has 2 amide bonds. The van der Waals surface area contributed by atoms with E-state index in [2.05, 4.69) is 5.32 Å². The van der Waals surface area contributed by atoms with Crippen LogP contribution in [0.1, 0.15) is 27.0 Å². The van der Waals surface area contributed by atoms with Crippen molar-refractivity contribution in [3.63, 3.8) is 0 Å². The highest BCUT2D eigenvalue weighted by Gasteiger charge is 2.22. The van der Waals surface area contributed by atoms with Crippen molar-refractivity contribution in [1.82, 2.24) is 5.32 Å². The fourth-order valence-electron chi connectivity index (χ4n) is 2.50. The number of nitrogens with two attached hydrogens (primary N) is 1. The van der Waals surface area contributed by atoms with E-state index in [1.54, 1.807) is 30.3 Å². The maximum atomic E-state index is 12.4. The van der Waals surface area contributed by atoms with Gasteiger partial charge in [0.05, 0.1) is 0 Å². The van der Waals surface area contributed by atoms with Gasteiger partial charge in [-0.15, -0.1) is 0 Å². The van der Waals surface area contributed by atoms with E-state index in [-0.39, 0.29) is 12.3 Å². The van der Waals surface area contributed by atoms with Crippen molar-refractivity contribution in [1.29, 1.82) is 0 Å². The predicted molar refractivity (Wildman–Crippen MR) is 96.5 cm³/mol. The van der Waals surface area contributed by atoms with Crippen LogP contribution in [0.5, 0.6) is 0 Å². The van der Waals surface area contributed by atoms with E-state index in [0.717, 1.165) is 11.1 Å². The third kappa shape index (κ3) is 4.49. The van der Waals surface area contributed by atoms with Gasteiger partial charge in [0, 0.05) is 22.0 Å². The first-order valence-electron chi connectivity index (χ1n) is 7.39. The molecule has 0 aliphatic heterocycles. The van der Waals surface area contributed by atoms with Crippen molar-refractivity contribution < 1.29 is 9.59 Å². The molecule has 0 saturated heterocycles. The molecule has 2 aromatic carbocycles. The summed E-state index contributed by atoms with van der Waals surface area (Å²) in [4.78, 5) is 24.2. The molecule has 24 heavy (non-hydrogen) atoms. The van der Waals surface area contributed by atoms with Gasteiger partial charge >= 0.3 is 0 Å². The number of amides is 2. The van der Waals surface area contributed by atoms with E-state index in [1.165, 1.54) is 0 Å². The van der Waals surface area contributed by atoms with Crippen LogP contribution in [0.4, 0.5) is 0 Å². The van der Waals surface area contributed by atoms with Crippen molar-refractivity contribution >= 4 is 35.0 Å². The van der Waals surface area contributed by atoms with Gasteiger partial charge in [-0.25, -0.2) is 0 Å². The molecule has 0 bridgehead atoms. The third-order valence-corrected chi connectivity index (χ3v) is 4.31. The van der Waals surface area contributed by atoms with Crippen LogP contribution in [-0.2, 0) is 11.2 Å². The van der Waals surface area contributed by atoms with Crippen LogP contribution in [0.25, 0.3) is 0 Å². The zero-order valence-corrected chi connectivity index (χ0v) is 14.9. The van der Waals surface area contributed by atoms with Crippen molar-refractivity contribution in [2.45, 2.75) is 26.3 Å². The van der Waals surface area contributed by atoms with Gasteiger partial charge in [-0.2, -0.15) is 0 Å². The maximum absolute atomic E-state index is 12.4. The Morgan fingerprint density at radius 1 is 1.08 bits per heavy atom. The van der Waals surface area contributed by atoms with Crippen LogP contribution < -0.4 is 11.1 Å². The Morgan fingerprint density at radius 2 is 1.62 bits per heavy atom. The van der Waals surface area contributed by atoms with Gasteiger partial charge in [0.15, 0.2) is 0 Å². The summed E-state index contributed by atoms with van der Waals surface area (Å²) in [6, 6.07) is 9.62. The Balaban J connectivity index is 2.22. The second-order valence-electron chi connectivity index (χ2n) is 5.71. The average Bonchev–Trinajstić information content (AvgIpc) is 2.48. The zero-order valence-electron chi connectivity index (χ0n) is 13.4. The SMILES string of the molecule is Cc1cc(C)cc(C(=O)N[C@@H](Cc2c(Cl)cccc2Cl)C(N)=O)c1. The molecule has 0 fully saturated rings. The number of halogens is 2. The van der Waals surface area contributed by atoms with Crippen LogP contribution >= 0.6 is 23.2 Å². The number of rotatable bonds is 5. The largest absolute Gasteiger partial charge is 0.368 e. The molecule has 0 saturated carbocycles. The highest BCUT2D eigenvalue weighted by atomic mass is 35.5. The number of primary amides is 1. The predicted octanol–water partition coefficient (Wildman–Crippen LogP) is 3.44. The number of carbonyl (C=O) groups is 2. The van der Waals surface area contributed by atoms with Crippen molar-refractivity contribution in [3.8, 4) is 0 Å². The molecule has 0 radical (unpaired) electrons. The molecule has 0 heterocycles. The van der Waals surface area contributed by atoms with Gasteiger partial charge in [0.25, 0.3) is 5.91 Å². The highest BCUT2D eigenvalue weighted by molar-refractivity contribution is 6.36. The number of nitrogens with one attached hydrogen (secondary N) is 1. The monoisotopic (exact) mass is 364 g/mol. The molecule has 1 atom stereocenters. The Morgan fingerprint density at radius 3 is 2.12 bits per heavy atom. The standard InChI is InChI=1S/C18H18Cl2N2O2/c1-10-6-11(2)8-12(7-10)18(24)22-16(17(21)23)9-13-14(19)4-3-5-15(13)20/h3-8,16H,9H2,1-2H3,(H2,21,23)(H,22,24)/t16-/m0/s1. The molecule has 0 unspecified atom stereocenters. The highest BCUT2D eigenvalue weighted by Crippen LogP contribution is 2.25. The second-order valence-corrected chi connectivity index (χ2v) is 6.52. The molecule has 6 heteroatoms. The molecule has 126 valence electrons. The van der Waals surface area contributed by atoms with Gasteiger partial charge in [-0.05, 0) is 43.7 Å². The van der Waals surface area contributed by atoms with Crippen LogP contribution in [0.15, 0.2) is 36.4 Å². The zero-order chi connectivity index (χ0) is 17.9. The topological polar surface area (TPSA) is 72.2 Å². The first-order valence-corrected chi connectivity index (χ1v) is 8.15. The molecule has 4 nitrogen and oxygen atoms in total. The van der Waals surface area contributed by atoms with Crippen molar-refractivity contribution in [3.05, 3.63) is 68.7 Å². The fourth-order valence-corrected chi connectivity index (χ4v) is 3.05. The molecule has 0 aliphatic rings. The minimum atomic E-state index is -0.907. The minimum absolute atomic E-state index is 0.129. The lowest BCUT2D eigenvalue weighted by molar-refractivity contribution is -0.119. The van der Waals surface area contributed by atoms with E-state index in [1.807, 2.05) is 19.9 Å². The second kappa shape index (κ2) is 7.69. The Bertz CT molecular complexity index is 750. The van der Waals surface area contributed by atoms with Gasteiger partial charge < -0.3 is 11.1 Å². The lowest BCUT2D eigenvalue weighted by Crippen LogP contribution is -2.46. The van der Waals surface area contributed by atoms with Gasteiger partial charge in [-0.3, -0.25) is 9.59 Å². The summed E-state index contributed by atoms with van der Waals surface area (Å²) >= 11 is 12.2. The molecule has 2 aromatic rings. The molecule has 2 rings (SSSR count). The Kier molecular flexibility index (Phi) is 5.86. The number of hydrogen-bond acceptors (Lipinski definition) is 2. The number of hydrogen-bond donors (Lipinski definition) is 2. The van der Waals surface area contributed by atoms with E-state index < -0.39 is 11.9 Å². The number of benzene rings is 2. The summed E-state index contributed by atoms with van der Waals surface area (Å²) in [6.45, 7) is 3.80. The summed E-state index contributed by atoms with van der Waals surface area (Å²) in [5.41, 5.74) is 8.41. The summed E-state index contributed by atoms with van der Waals surface area (Å²) in [5, 5.41) is 3.51. The van der Waals surface area contributed by atoms with Crippen LogP contribution in [0.2, 0.25) is 10.0 Å². The third-order valence-electron chi connectivity index (χ3n) is 3.60. The summed E-state index contributed by atoms with van der Waals surface area (Å²) in [6.07, 6.45) is 0.129. The van der Waals surface area contributed by atoms with Gasteiger partial charge in [-0.1, -0.05) is 46.5 Å². The minimum Gasteiger partial charge on any atom is -0.368 e. The Labute approximate surface area is 150 Å². The molecule has 0 spiro atoms. The smallest absolute Gasteiger partial charge is 0.251 e. The van der Waals surface area contributed by atoms with Gasteiger partial charge in [0.2, 0.25) is 5.91 Å². The normalized spacial score (nSPS) is 11.8. The van der Waals surface area contributed by atoms with E-state index in [9.17, 15) is 9.59 Å². The van der Waals surface area contributed by atoms with Crippen LogP contribution in [0, 0.1) is 13.8 Å². The summed E-state index contributed by atoms with van der Waals surface area (Å²) in [7, 11) is 0. The molecule has 0 aliphatic carbocycles. The molecular weight excluding hydrogens is 347 g/mol. The fraction of sp³-hybridized carbons (Fsp3) is 0.222. The van der Waals surface area contributed by atoms with Crippen molar-refractivity contribution in [2.24, 2.45) is 5.73 Å². The van der Waals surface area contributed by atoms with E-state index >= 15 is 0 Å². The summed E-state index contributed by atoms with van der Waals surface area (Å²) in [5.74, 6) is -1.02. The van der Waals surface area contributed by atoms with Crippen molar-refractivity contribution in [2.75, 3.05) is 0 Å². The number of carbonyl (C=O) groups excluding carboxylic acids is 2. The lowest BCUT2D eigenvalue weighted by Gasteiger charge is -2.17. The first kappa shape index (κ1) is 18.3. The molecule has 0 aromatic heterocycles. The van der Waals surface area contributed by atoms with E-state index in [4.69, 9.17) is 28.9 Å². The average molecular weight is 365 g/mol. The van der Waals surface area contributed by atoms with Crippen LogP contribution in [0.3, 0.4) is 0 Å². The van der Waals surface area contributed by atoms with E-state index in [0.29, 0.717) is 21.2 Å². The quantitative estimate of drug-likeness (QED) is 0.852. The maximum Gasteiger partial charge on any atom is 0.251 e. The first-order chi connectivity index (χ1) is 11.3. The van der Waals surface area contributed by atoms with Crippen LogP contribution in [-0.4, -0.2) is 17.9 Å².